The molecule has 0 bridgehead atoms. The van der Waals surface area contributed by atoms with Gasteiger partial charge < -0.3 is 4.90 Å². The zero-order valence-corrected chi connectivity index (χ0v) is 11.8. The average Bonchev–Trinajstić information content (AvgIpc) is 2.90. The summed E-state index contributed by atoms with van der Waals surface area (Å²) in [6.07, 6.45) is 6.32. The molecule has 1 heterocycles. The molecule has 0 radical (unpaired) electrons. The van der Waals surface area contributed by atoms with Gasteiger partial charge in [0.2, 0.25) is 5.91 Å². The summed E-state index contributed by atoms with van der Waals surface area (Å²) in [4.78, 5) is 26.6. The molecule has 1 aromatic carbocycles. The van der Waals surface area contributed by atoms with Crippen LogP contribution in [-0.4, -0.2) is 29.2 Å². The molecular weight excluding hydrogens is 250 g/mol. The highest BCUT2D eigenvalue weighted by Gasteiger charge is 2.38. The van der Waals surface area contributed by atoms with E-state index in [9.17, 15) is 9.59 Å². The van der Waals surface area contributed by atoms with E-state index in [1.54, 1.807) is 0 Å². The first kappa shape index (κ1) is 13.3. The van der Waals surface area contributed by atoms with Gasteiger partial charge in [0, 0.05) is 30.5 Å². The van der Waals surface area contributed by atoms with Crippen LogP contribution < -0.4 is 0 Å². The van der Waals surface area contributed by atoms with Crippen molar-refractivity contribution in [2.45, 2.75) is 44.6 Å². The van der Waals surface area contributed by atoms with Gasteiger partial charge in [-0.15, -0.1) is 0 Å². The summed E-state index contributed by atoms with van der Waals surface area (Å²) in [5.41, 5.74) is 0.732. The summed E-state index contributed by atoms with van der Waals surface area (Å²) < 4.78 is 0. The molecule has 106 valence electrons. The van der Waals surface area contributed by atoms with Crippen LogP contribution in [0.15, 0.2) is 30.3 Å². The van der Waals surface area contributed by atoms with E-state index in [-0.39, 0.29) is 17.6 Å². The quantitative estimate of drug-likeness (QED) is 0.792. The van der Waals surface area contributed by atoms with Gasteiger partial charge in [0.05, 0.1) is 0 Å². The summed E-state index contributed by atoms with van der Waals surface area (Å²) >= 11 is 0. The number of carbonyl (C=O) groups excluding carboxylic acids is 2. The number of hydrogen-bond donors (Lipinski definition) is 0. The minimum atomic E-state index is -0.146. The van der Waals surface area contributed by atoms with Gasteiger partial charge in [-0.2, -0.15) is 0 Å². The summed E-state index contributed by atoms with van der Waals surface area (Å²) in [6.45, 7) is 0.622. The van der Waals surface area contributed by atoms with Crippen molar-refractivity contribution in [3.05, 3.63) is 35.9 Å². The molecule has 3 nitrogen and oxygen atoms in total. The third kappa shape index (κ3) is 2.62. The average molecular weight is 271 g/mol. The first-order valence-electron chi connectivity index (χ1n) is 7.64. The van der Waals surface area contributed by atoms with Crippen molar-refractivity contribution >= 4 is 11.7 Å². The Morgan fingerprint density at radius 3 is 2.45 bits per heavy atom. The number of carbonyl (C=O) groups is 2. The Hall–Kier alpha value is -1.64. The monoisotopic (exact) mass is 271 g/mol. The molecule has 2 fully saturated rings. The van der Waals surface area contributed by atoms with Crippen molar-refractivity contribution in [3.8, 4) is 0 Å². The number of rotatable bonds is 3. The van der Waals surface area contributed by atoms with Crippen LogP contribution in [0.2, 0.25) is 0 Å². The molecule has 20 heavy (non-hydrogen) atoms. The molecule has 3 heteroatoms. The molecule has 0 aromatic heterocycles. The summed E-state index contributed by atoms with van der Waals surface area (Å²) in [6, 6.07) is 9.73. The fraction of sp³-hybridized carbons (Fsp3) is 0.529. The lowest BCUT2D eigenvalue weighted by molar-refractivity contribution is -0.130. The highest BCUT2D eigenvalue weighted by molar-refractivity contribution is 6.01. The highest BCUT2D eigenvalue weighted by Crippen LogP contribution is 2.30. The molecule has 1 atom stereocenters. The van der Waals surface area contributed by atoms with Gasteiger partial charge in [-0.05, 0) is 12.8 Å². The maximum Gasteiger partial charge on any atom is 0.223 e. The van der Waals surface area contributed by atoms with E-state index < -0.39 is 0 Å². The smallest absolute Gasteiger partial charge is 0.223 e. The van der Waals surface area contributed by atoms with Crippen LogP contribution in [0.4, 0.5) is 0 Å². The summed E-state index contributed by atoms with van der Waals surface area (Å²) in [7, 11) is 0. The highest BCUT2D eigenvalue weighted by atomic mass is 16.2. The number of amides is 1. The number of nitrogens with zero attached hydrogens (tertiary/aromatic N) is 1. The van der Waals surface area contributed by atoms with E-state index in [0.29, 0.717) is 19.0 Å². The van der Waals surface area contributed by atoms with E-state index in [1.807, 2.05) is 35.2 Å². The second-order valence-electron chi connectivity index (χ2n) is 5.97. The van der Waals surface area contributed by atoms with E-state index in [1.165, 1.54) is 19.3 Å². The van der Waals surface area contributed by atoms with Gasteiger partial charge in [-0.1, -0.05) is 49.6 Å². The summed E-state index contributed by atoms with van der Waals surface area (Å²) in [5, 5.41) is 0. The normalized spacial score (nSPS) is 24.1. The molecule has 1 amide bonds. The number of hydrogen-bond acceptors (Lipinski definition) is 2. The topological polar surface area (TPSA) is 37.4 Å². The first-order chi connectivity index (χ1) is 9.75. The van der Waals surface area contributed by atoms with Crippen molar-refractivity contribution in [2.24, 2.45) is 5.92 Å². The lowest BCUT2D eigenvalue weighted by Crippen LogP contribution is -2.38. The molecule has 0 N–H and O–H groups in total. The van der Waals surface area contributed by atoms with Crippen LogP contribution in [0.5, 0.6) is 0 Å². The van der Waals surface area contributed by atoms with Crippen molar-refractivity contribution in [3.63, 3.8) is 0 Å². The molecule has 1 saturated heterocycles. The molecule has 0 unspecified atom stereocenters. The predicted molar refractivity (Wildman–Crippen MR) is 77.5 cm³/mol. The third-order valence-electron chi connectivity index (χ3n) is 4.60. The van der Waals surface area contributed by atoms with Crippen LogP contribution >= 0.6 is 0 Å². The lowest BCUT2D eigenvalue weighted by atomic mass is 9.94. The maximum atomic E-state index is 12.4. The molecule has 3 rings (SSSR count). The van der Waals surface area contributed by atoms with Crippen LogP contribution in [0.1, 0.15) is 48.9 Å². The minimum Gasteiger partial charge on any atom is -0.339 e. The minimum absolute atomic E-state index is 0.122. The van der Waals surface area contributed by atoms with E-state index in [2.05, 4.69) is 0 Å². The van der Waals surface area contributed by atoms with Crippen LogP contribution in [0.25, 0.3) is 0 Å². The van der Waals surface area contributed by atoms with Crippen molar-refractivity contribution < 1.29 is 9.59 Å². The molecule has 1 aliphatic heterocycles. The Morgan fingerprint density at radius 1 is 1.05 bits per heavy atom. The largest absolute Gasteiger partial charge is 0.339 e. The van der Waals surface area contributed by atoms with Crippen LogP contribution in [0, 0.1) is 5.92 Å². The lowest BCUT2D eigenvalue weighted by Gasteiger charge is -2.31. The predicted octanol–water partition coefficient (Wildman–Crippen LogP) is 3.05. The van der Waals surface area contributed by atoms with E-state index >= 15 is 0 Å². The Bertz CT molecular complexity index is 491. The zero-order valence-electron chi connectivity index (χ0n) is 11.8. The molecule has 1 saturated carbocycles. The van der Waals surface area contributed by atoms with Gasteiger partial charge in [-0.3, -0.25) is 9.59 Å². The SMILES string of the molecule is O=C(c1ccccc1)[C@@H]1CC(=O)N(C2CCCCC2)C1. The molecule has 1 aliphatic carbocycles. The zero-order chi connectivity index (χ0) is 13.9. The number of likely N-dealkylation sites (tertiary alicyclic amines) is 1. The second-order valence-corrected chi connectivity index (χ2v) is 5.97. The Kier molecular flexibility index (Phi) is 3.86. The van der Waals surface area contributed by atoms with E-state index in [4.69, 9.17) is 0 Å². The van der Waals surface area contributed by atoms with Gasteiger partial charge in [-0.25, -0.2) is 0 Å². The van der Waals surface area contributed by atoms with E-state index in [0.717, 1.165) is 18.4 Å². The Labute approximate surface area is 120 Å². The van der Waals surface area contributed by atoms with Gasteiger partial charge >= 0.3 is 0 Å². The van der Waals surface area contributed by atoms with Crippen molar-refractivity contribution in [2.75, 3.05) is 6.54 Å². The van der Waals surface area contributed by atoms with Crippen molar-refractivity contribution in [1.29, 1.82) is 0 Å². The van der Waals surface area contributed by atoms with Gasteiger partial charge in [0.1, 0.15) is 0 Å². The van der Waals surface area contributed by atoms with Gasteiger partial charge in [0.25, 0.3) is 0 Å². The Morgan fingerprint density at radius 2 is 1.75 bits per heavy atom. The Balaban J connectivity index is 1.68. The third-order valence-corrected chi connectivity index (χ3v) is 4.60. The number of Topliss-reactive ketones (excluding diaryl/α,β-unsaturated/α-hetero) is 1. The number of benzene rings is 1. The van der Waals surface area contributed by atoms with Crippen molar-refractivity contribution in [1.82, 2.24) is 4.90 Å². The molecule has 1 aromatic rings. The fourth-order valence-electron chi connectivity index (χ4n) is 3.49. The summed E-state index contributed by atoms with van der Waals surface area (Å²) in [5.74, 6) is 0.148. The first-order valence-corrected chi connectivity index (χ1v) is 7.64. The molecular formula is C17H21NO2. The van der Waals surface area contributed by atoms with Crippen LogP contribution in [-0.2, 0) is 4.79 Å². The second kappa shape index (κ2) is 5.78. The van der Waals surface area contributed by atoms with Gasteiger partial charge in [0.15, 0.2) is 5.78 Å². The fourth-order valence-corrected chi connectivity index (χ4v) is 3.49. The standard InChI is InChI=1S/C17H21NO2/c19-16-11-14(17(20)13-7-3-1-4-8-13)12-18(16)15-9-5-2-6-10-15/h1,3-4,7-8,14-15H,2,5-6,9-12H2/t14-/m1/s1. The number of ketones is 1. The molecule has 2 aliphatic rings. The van der Waals surface area contributed by atoms with Crippen LogP contribution in [0.3, 0.4) is 0 Å². The molecule has 0 spiro atoms. The maximum absolute atomic E-state index is 12.4.